The van der Waals surface area contributed by atoms with E-state index in [1.165, 1.54) is 43.0 Å². The molecular formula is C54H53P3. The summed E-state index contributed by atoms with van der Waals surface area (Å²) in [7, 11) is -2.88. The monoisotopic (exact) mass is 794 g/mol. The number of rotatable bonds is 10. The van der Waals surface area contributed by atoms with E-state index < -0.39 is 28.9 Å². The van der Waals surface area contributed by atoms with Gasteiger partial charge in [0.1, 0.15) is 0 Å². The van der Waals surface area contributed by atoms with E-state index in [-0.39, 0.29) is 16.5 Å². The quantitative estimate of drug-likeness (QED) is 0.121. The summed E-state index contributed by atoms with van der Waals surface area (Å²) in [5.41, 5.74) is 4.45. The molecule has 0 saturated carbocycles. The van der Waals surface area contributed by atoms with Gasteiger partial charge < -0.3 is 0 Å². The molecule has 57 heavy (non-hydrogen) atoms. The van der Waals surface area contributed by atoms with E-state index in [2.05, 4.69) is 248 Å². The molecule has 284 valence electrons. The highest BCUT2D eigenvalue weighted by atomic mass is 31.1. The second kappa shape index (κ2) is 16.4. The maximum atomic E-state index is 2.81. The number of benzene rings is 6. The second-order valence-corrected chi connectivity index (χ2v) is 24.0. The fourth-order valence-electron chi connectivity index (χ4n) is 8.55. The lowest BCUT2D eigenvalue weighted by atomic mass is 9.80. The largest absolute Gasteiger partial charge is 0.0721 e. The Morgan fingerprint density at radius 2 is 0.807 bits per heavy atom. The Hall–Kier alpha value is -4.43. The zero-order valence-corrected chi connectivity index (χ0v) is 36.7. The molecule has 0 saturated heterocycles. The number of hydrogen-bond acceptors (Lipinski definition) is 0. The first-order valence-corrected chi connectivity index (χ1v) is 24.3. The third-order valence-corrected chi connectivity index (χ3v) is 19.6. The first kappa shape index (κ1) is 39.4. The molecule has 6 aromatic carbocycles. The lowest BCUT2D eigenvalue weighted by Crippen LogP contribution is -2.42. The zero-order valence-electron chi connectivity index (χ0n) is 34.0. The molecule has 0 heterocycles. The molecule has 3 heteroatoms. The SMILES string of the molecule is CC(C)(C)C1=CC(C2=C(C(C)(C)C)C=CC2P(c2ccccc2)c2ccccc2)(P(c2ccccc2)c2ccccc2)C(P(c2ccccc2)c2ccccc2)=C1. The Morgan fingerprint density at radius 3 is 1.18 bits per heavy atom. The van der Waals surface area contributed by atoms with Crippen LogP contribution >= 0.6 is 23.8 Å². The van der Waals surface area contributed by atoms with Gasteiger partial charge in [0.2, 0.25) is 0 Å². The van der Waals surface area contributed by atoms with Crippen molar-refractivity contribution in [2.45, 2.75) is 52.4 Å². The van der Waals surface area contributed by atoms with Crippen molar-refractivity contribution in [1.82, 2.24) is 0 Å². The maximum Gasteiger partial charge on any atom is 0.0654 e. The van der Waals surface area contributed by atoms with Crippen LogP contribution in [0.25, 0.3) is 0 Å². The van der Waals surface area contributed by atoms with Gasteiger partial charge in [0.15, 0.2) is 0 Å². The molecule has 0 N–H and O–H groups in total. The molecule has 2 unspecified atom stereocenters. The summed E-state index contributed by atoms with van der Waals surface area (Å²) in [4.78, 5) is 0. The van der Waals surface area contributed by atoms with Gasteiger partial charge in [-0.2, -0.15) is 0 Å². The van der Waals surface area contributed by atoms with Crippen LogP contribution in [-0.4, -0.2) is 10.8 Å². The molecular weight excluding hydrogens is 742 g/mol. The Bertz CT molecular complexity index is 2280. The van der Waals surface area contributed by atoms with Crippen molar-refractivity contribution in [2.75, 3.05) is 0 Å². The number of hydrogen-bond donors (Lipinski definition) is 0. The van der Waals surface area contributed by atoms with Crippen molar-refractivity contribution in [2.24, 2.45) is 10.8 Å². The minimum absolute atomic E-state index is 0.0800. The molecule has 0 amide bonds. The van der Waals surface area contributed by atoms with E-state index in [0.717, 1.165) is 0 Å². The molecule has 2 atom stereocenters. The van der Waals surface area contributed by atoms with Crippen molar-refractivity contribution in [3.05, 3.63) is 228 Å². The van der Waals surface area contributed by atoms with Crippen LogP contribution in [0.5, 0.6) is 0 Å². The minimum Gasteiger partial charge on any atom is -0.0721 e. The first-order chi connectivity index (χ1) is 27.6. The van der Waals surface area contributed by atoms with Crippen LogP contribution in [-0.2, 0) is 0 Å². The zero-order chi connectivity index (χ0) is 39.6. The van der Waals surface area contributed by atoms with Crippen LogP contribution in [0, 0.1) is 10.8 Å². The van der Waals surface area contributed by atoms with Gasteiger partial charge in [-0.1, -0.05) is 248 Å². The Labute approximate surface area is 345 Å². The smallest absolute Gasteiger partial charge is 0.0654 e. The molecule has 0 nitrogen and oxygen atoms in total. The third-order valence-electron chi connectivity index (χ3n) is 11.2. The summed E-state index contributed by atoms with van der Waals surface area (Å²) in [5.74, 6) is 0. The predicted molar refractivity (Wildman–Crippen MR) is 255 cm³/mol. The van der Waals surface area contributed by atoms with Crippen LogP contribution < -0.4 is 31.8 Å². The summed E-state index contributed by atoms with van der Waals surface area (Å²) in [6, 6.07) is 68.7. The molecule has 2 aliphatic carbocycles. The van der Waals surface area contributed by atoms with Crippen LogP contribution in [0.2, 0.25) is 0 Å². The summed E-state index contributed by atoms with van der Waals surface area (Å²) < 4.78 is 0. The van der Waals surface area contributed by atoms with Crippen molar-refractivity contribution in [3.8, 4) is 0 Å². The molecule has 0 aromatic heterocycles. The van der Waals surface area contributed by atoms with Gasteiger partial charge >= 0.3 is 0 Å². The van der Waals surface area contributed by atoms with Gasteiger partial charge in [-0.05, 0) is 88.5 Å². The topological polar surface area (TPSA) is 0 Å². The lowest BCUT2D eigenvalue weighted by Gasteiger charge is -2.48. The van der Waals surface area contributed by atoms with Gasteiger partial charge in [-0.15, -0.1) is 0 Å². The second-order valence-electron chi connectivity index (χ2n) is 17.1. The highest BCUT2D eigenvalue weighted by Crippen LogP contribution is 2.72. The Morgan fingerprint density at radius 1 is 0.439 bits per heavy atom. The van der Waals surface area contributed by atoms with Gasteiger partial charge in [-0.25, -0.2) is 0 Å². The van der Waals surface area contributed by atoms with Crippen LogP contribution in [0.1, 0.15) is 41.5 Å². The lowest BCUT2D eigenvalue weighted by molar-refractivity contribution is 0.509. The molecule has 0 radical (unpaired) electrons. The molecule has 0 aliphatic heterocycles. The summed E-state index contributed by atoms with van der Waals surface area (Å²) >= 11 is 0. The summed E-state index contributed by atoms with van der Waals surface area (Å²) in [5, 5.41) is 9.50. The summed E-state index contributed by atoms with van der Waals surface area (Å²) in [6.07, 6.45) is 10.6. The average Bonchev–Trinajstić information content (AvgIpc) is 3.85. The van der Waals surface area contributed by atoms with Crippen molar-refractivity contribution < 1.29 is 0 Å². The van der Waals surface area contributed by atoms with E-state index >= 15 is 0 Å². The van der Waals surface area contributed by atoms with Gasteiger partial charge in [0.25, 0.3) is 0 Å². The highest BCUT2D eigenvalue weighted by molar-refractivity contribution is 7.81. The fraction of sp³-hybridized carbons (Fsp3) is 0.185. The van der Waals surface area contributed by atoms with E-state index in [1.807, 2.05) is 0 Å². The molecule has 6 aromatic rings. The average molecular weight is 795 g/mol. The van der Waals surface area contributed by atoms with E-state index in [1.54, 1.807) is 10.9 Å². The van der Waals surface area contributed by atoms with Crippen LogP contribution in [0.4, 0.5) is 0 Å². The van der Waals surface area contributed by atoms with Crippen LogP contribution in [0.3, 0.4) is 0 Å². The molecule has 0 fully saturated rings. The standard InChI is InChI=1S/C54H53P3/c1-52(2,3)41-39-50(56(44-29-17-9-18-30-44)45-31-19-10-20-32-45)54(40-41,57(46-33-21-11-22-34-46)47-35-23-12-24-36-47)51-48(53(4,5)6)37-38-49(51)55(42-25-13-7-14-26-42)43-27-15-8-16-28-43/h7-40,49H,1-6H3. The van der Waals surface area contributed by atoms with Crippen LogP contribution in [0.15, 0.2) is 228 Å². The maximum absolute atomic E-state index is 2.81. The minimum atomic E-state index is -1.05. The highest BCUT2D eigenvalue weighted by Gasteiger charge is 2.56. The Kier molecular flexibility index (Phi) is 11.4. The number of allylic oxidation sites excluding steroid dienone is 8. The van der Waals surface area contributed by atoms with E-state index in [9.17, 15) is 0 Å². The molecule has 0 bridgehead atoms. The predicted octanol–water partition coefficient (Wildman–Crippen LogP) is 12.3. The van der Waals surface area contributed by atoms with Crippen molar-refractivity contribution >= 4 is 55.6 Å². The summed E-state index contributed by atoms with van der Waals surface area (Å²) in [6.45, 7) is 14.5. The molecule has 8 rings (SSSR count). The first-order valence-electron chi connectivity index (χ1n) is 20.2. The fourth-order valence-corrected chi connectivity index (χ4v) is 17.7. The van der Waals surface area contributed by atoms with Gasteiger partial charge in [0.05, 0.1) is 5.16 Å². The van der Waals surface area contributed by atoms with Gasteiger partial charge in [0, 0.05) is 5.66 Å². The van der Waals surface area contributed by atoms with E-state index in [0.29, 0.717) is 0 Å². The van der Waals surface area contributed by atoms with E-state index in [4.69, 9.17) is 0 Å². The third kappa shape index (κ3) is 7.79. The normalized spacial score (nSPS) is 18.4. The molecule has 2 aliphatic rings. The van der Waals surface area contributed by atoms with Gasteiger partial charge in [-0.3, -0.25) is 0 Å². The van der Waals surface area contributed by atoms with Crippen molar-refractivity contribution in [1.29, 1.82) is 0 Å². The molecule has 0 spiro atoms. The Balaban J connectivity index is 1.56. The van der Waals surface area contributed by atoms with Crippen molar-refractivity contribution in [3.63, 3.8) is 0 Å².